The number of likely N-dealkylation sites (tertiary alicyclic amines) is 1. The molecule has 14 heteroatoms. The second kappa shape index (κ2) is 13.2. The maximum absolute atomic E-state index is 13.8. The van der Waals surface area contributed by atoms with Crippen molar-refractivity contribution >= 4 is 46.8 Å². The van der Waals surface area contributed by atoms with Gasteiger partial charge in [-0.25, -0.2) is 4.98 Å². The van der Waals surface area contributed by atoms with E-state index in [1.54, 1.807) is 30.5 Å². The number of aromatic nitrogens is 1. The standard InChI is InChI=1S/C43H40ClN7O6/c1-42(2)40(43(3,4)41(42)57-29-9-8-25(16-45)32(44)15-29)50-20-26-13-23(7-10-30(26)37(50)54)5-6-24-18-48(19-24)28-21-49(22-28)27-14-31-35(46-17-27)39(56)51(38(31)55)33-11-12-34(52)47-36(33)53/h7-10,13-15,17,24,28,33,40-41H,11-12,18-22H2,1-4H3,(H,47,52,53)/t33?,40-,41-. The van der Waals surface area contributed by atoms with E-state index in [1.807, 2.05) is 23.1 Å². The predicted octanol–water partition coefficient (Wildman–Crippen LogP) is 4.02. The summed E-state index contributed by atoms with van der Waals surface area (Å²) >= 11 is 6.28. The molecule has 1 saturated carbocycles. The van der Waals surface area contributed by atoms with E-state index in [1.165, 1.54) is 0 Å². The molecule has 1 N–H and O–H groups in total. The Kier molecular flexibility index (Phi) is 8.50. The van der Waals surface area contributed by atoms with Crippen molar-refractivity contribution in [3.63, 3.8) is 0 Å². The smallest absolute Gasteiger partial charge is 0.280 e. The number of halogens is 1. The molecule has 4 fully saturated rings. The number of amides is 5. The molecule has 1 aliphatic carbocycles. The molecule has 3 aromatic rings. The highest BCUT2D eigenvalue weighted by Gasteiger charge is 2.67. The van der Waals surface area contributed by atoms with Gasteiger partial charge in [-0.05, 0) is 48.4 Å². The number of anilines is 1. The summed E-state index contributed by atoms with van der Waals surface area (Å²) < 4.78 is 6.46. The summed E-state index contributed by atoms with van der Waals surface area (Å²) in [4.78, 5) is 75.7. The molecule has 9 rings (SSSR count). The molecule has 290 valence electrons. The molecule has 2 aromatic carbocycles. The first kappa shape index (κ1) is 36.9. The third-order valence-corrected chi connectivity index (χ3v) is 13.0. The minimum absolute atomic E-state index is 0.0182. The van der Waals surface area contributed by atoms with Crippen LogP contribution in [0.15, 0.2) is 48.7 Å². The van der Waals surface area contributed by atoms with Gasteiger partial charge < -0.3 is 14.5 Å². The number of ether oxygens (including phenoxy) is 1. The topological polar surface area (TPSA) is 156 Å². The lowest BCUT2D eigenvalue weighted by molar-refractivity contribution is -0.199. The Morgan fingerprint density at radius 3 is 2.37 bits per heavy atom. The fourth-order valence-corrected chi connectivity index (χ4v) is 10.3. The zero-order chi connectivity index (χ0) is 40.1. The number of benzene rings is 2. The van der Waals surface area contributed by atoms with Gasteiger partial charge in [0.25, 0.3) is 17.7 Å². The van der Waals surface area contributed by atoms with Crippen LogP contribution in [0.5, 0.6) is 5.75 Å². The van der Waals surface area contributed by atoms with Gasteiger partial charge in [0.2, 0.25) is 11.8 Å². The van der Waals surface area contributed by atoms with Crippen LogP contribution in [-0.2, 0) is 16.1 Å². The van der Waals surface area contributed by atoms with E-state index in [-0.39, 0.29) is 58.9 Å². The minimum Gasteiger partial charge on any atom is -0.489 e. The Labute approximate surface area is 334 Å². The number of imide groups is 2. The van der Waals surface area contributed by atoms with Gasteiger partial charge in [-0.1, -0.05) is 51.1 Å². The predicted molar refractivity (Wildman–Crippen MR) is 207 cm³/mol. The number of nitrogens with one attached hydrogen (secondary N) is 1. The molecule has 13 nitrogen and oxygen atoms in total. The molecule has 3 saturated heterocycles. The number of pyridine rings is 1. The summed E-state index contributed by atoms with van der Waals surface area (Å²) in [6, 6.07) is 14.0. The molecule has 57 heavy (non-hydrogen) atoms. The molecule has 6 aliphatic rings. The lowest BCUT2D eigenvalue weighted by Gasteiger charge is -2.65. The number of fused-ring (bicyclic) bond motifs is 2. The van der Waals surface area contributed by atoms with E-state index in [9.17, 15) is 29.2 Å². The summed E-state index contributed by atoms with van der Waals surface area (Å²) in [5.74, 6) is 5.39. The van der Waals surface area contributed by atoms with Crippen molar-refractivity contribution in [3.8, 4) is 23.7 Å². The largest absolute Gasteiger partial charge is 0.489 e. The fourth-order valence-electron chi connectivity index (χ4n) is 10.1. The third-order valence-electron chi connectivity index (χ3n) is 12.7. The Morgan fingerprint density at radius 1 is 0.912 bits per heavy atom. The van der Waals surface area contributed by atoms with Gasteiger partial charge >= 0.3 is 0 Å². The van der Waals surface area contributed by atoms with Crippen LogP contribution in [0.4, 0.5) is 5.69 Å². The maximum Gasteiger partial charge on any atom is 0.280 e. The van der Waals surface area contributed by atoms with Crippen molar-refractivity contribution in [1.29, 1.82) is 5.26 Å². The maximum atomic E-state index is 13.8. The van der Waals surface area contributed by atoms with E-state index in [0.717, 1.165) is 47.9 Å². The van der Waals surface area contributed by atoms with Gasteiger partial charge in [0.15, 0.2) is 0 Å². The summed E-state index contributed by atoms with van der Waals surface area (Å²) in [7, 11) is 0. The van der Waals surface area contributed by atoms with Crippen LogP contribution in [0.3, 0.4) is 0 Å². The summed E-state index contributed by atoms with van der Waals surface area (Å²) in [6.45, 7) is 12.2. The van der Waals surface area contributed by atoms with Gasteiger partial charge in [0.05, 0.1) is 28.0 Å². The summed E-state index contributed by atoms with van der Waals surface area (Å²) in [6.07, 6.45) is 1.57. The van der Waals surface area contributed by atoms with Gasteiger partial charge in [0, 0.05) is 85.2 Å². The average molecular weight is 786 g/mol. The Bertz CT molecular complexity index is 2400. The van der Waals surface area contributed by atoms with E-state index in [2.05, 4.69) is 65.7 Å². The van der Waals surface area contributed by atoms with Crippen molar-refractivity contribution < 1.29 is 28.7 Å². The molecular formula is C43H40ClN7O6. The lowest BCUT2D eigenvalue weighted by atomic mass is 9.49. The van der Waals surface area contributed by atoms with Crippen molar-refractivity contribution in [2.24, 2.45) is 16.7 Å². The molecule has 5 amide bonds. The number of carbonyl (C=O) groups is 5. The van der Waals surface area contributed by atoms with E-state index in [4.69, 9.17) is 16.3 Å². The van der Waals surface area contributed by atoms with E-state index < -0.39 is 29.7 Å². The van der Waals surface area contributed by atoms with Crippen LogP contribution < -0.4 is 15.0 Å². The minimum atomic E-state index is -1.02. The van der Waals surface area contributed by atoms with Crippen molar-refractivity contribution in [2.45, 2.75) is 71.3 Å². The molecule has 0 bridgehead atoms. The lowest BCUT2D eigenvalue weighted by Crippen LogP contribution is -2.74. The zero-order valence-corrected chi connectivity index (χ0v) is 32.7. The van der Waals surface area contributed by atoms with Gasteiger partial charge in [-0.3, -0.25) is 39.1 Å². The number of hydrogen-bond donors (Lipinski definition) is 1. The highest BCUT2D eigenvalue weighted by molar-refractivity contribution is 6.31. The Hall–Kier alpha value is -5.76. The van der Waals surface area contributed by atoms with Crippen LogP contribution in [0, 0.1) is 39.9 Å². The SMILES string of the molecule is CC1(C)[C@H](Oc2ccc(C#N)c(Cl)c2)C(C)(C)[C@H]1N1Cc2cc(C#CC3CN(C4CN(c5cnc6c(c5)C(=O)N(C5CCC(=O)NC5=O)C6=O)C4)C3)ccc2C1=O. The zero-order valence-electron chi connectivity index (χ0n) is 32.0. The monoisotopic (exact) mass is 785 g/mol. The van der Waals surface area contributed by atoms with Crippen LogP contribution in [0.2, 0.25) is 5.02 Å². The number of piperidine rings is 1. The van der Waals surface area contributed by atoms with Crippen LogP contribution >= 0.6 is 11.6 Å². The van der Waals surface area contributed by atoms with E-state index >= 15 is 0 Å². The van der Waals surface area contributed by atoms with Crippen molar-refractivity contribution in [3.05, 3.63) is 87.2 Å². The van der Waals surface area contributed by atoms with Gasteiger partial charge in [-0.2, -0.15) is 5.26 Å². The van der Waals surface area contributed by atoms with Crippen LogP contribution in [0.25, 0.3) is 0 Å². The van der Waals surface area contributed by atoms with Gasteiger partial charge in [0.1, 0.15) is 29.7 Å². The number of hydrogen-bond acceptors (Lipinski definition) is 10. The molecule has 0 spiro atoms. The highest BCUT2D eigenvalue weighted by Crippen LogP contribution is 2.59. The fraction of sp³-hybridized carbons (Fsp3) is 0.419. The van der Waals surface area contributed by atoms with Crippen LogP contribution in [-0.4, -0.2) is 99.6 Å². The molecule has 0 radical (unpaired) electrons. The first-order valence-electron chi connectivity index (χ1n) is 19.2. The summed E-state index contributed by atoms with van der Waals surface area (Å²) in [5.41, 5.74) is 3.21. The highest BCUT2D eigenvalue weighted by atomic mass is 35.5. The van der Waals surface area contributed by atoms with Gasteiger partial charge in [-0.15, -0.1) is 0 Å². The first-order chi connectivity index (χ1) is 27.1. The van der Waals surface area contributed by atoms with Crippen molar-refractivity contribution in [2.75, 3.05) is 31.1 Å². The Balaban J connectivity index is 0.783. The molecule has 1 aromatic heterocycles. The van der Waals surface area contributed by atoms with Crippen molar-refractivity contribution in [1.82, 2.24) is 25.0 Å². The molecular weight excluding hydrogens is 746 g/mol. The average Bonchev–Trinajstić information content (AvgIpc) is 3.57. The number of nitrogens with zero attached hydrogens (tertiary/aromatic N) is 6. The quantitative estimate of drug-likeness (QED) is 0.286. The van der Waals surface area contributed by atoms with Crippen LogP contribution in [0.1, 0.15) is 88.4 Å². The molecule has 6 heterocycles. The molecule has 1 unspecified atom stereocenters. The second-order valence-electron chi connectivity index (χ2n) is 17.1. The molecule has 1 atom stereocenters. The number of nitriles is 1. The third kappa shape index (κ3) is 5.86. The molecule has 5 aliphatic heterocycles. The first-order valence-corrected chi connectivity index (χ1v) is 19.6. The number of carbonyl (C=O) groups excluding carboxylic acids is 5. The Morgan fingerprint density at radius 2 is 1.67 bits per heavy atom. The normalized spacial score (nSPS) is 25.1. The second-order valence-corrected chi connectivity index (χ2v) is 17.5. The van der Waals surface area contributed by atoms with E-state index in [0.29, 0.717) is 34.5 Å². The summed E-state index contributed by atoms with van der Waals surface area (Å²) in [5, 5.41) is 11.8. The number of rotatable bonds is 6.